The molecule has 0 aromatic heterocycles. The van der Waals surface area contributed by atoms with Crippen LogP contribution in [0.3, 0.4) is 0 Å². The zero-order chi connectivity index (χ0) is 26.3. The molecule has 6 aliphatic rings. The maximum absolute atomic E-state index is 7.56. The normalized spacial score (nSPS) is 42.7. The molecule has 6 rings (SSSR count). The van der Waals surface area contributed by atoms with Gasteiger partial charge < -0.3 is 17.1 Å². The van der Waals surface area contributed by atoms with Gasteiger partial charge in [-0.15, -0.1) is 0 Å². The average Bonchev–Trinajstić information content (AvgIpc) is 3.24. The molecule has 3 atom stereocenters. The van der Waals surface area contributed by atoms with E-state index in [4.69, 9.17) is 17.1 Å². The average molecular weight is 581 g/mol. The lowest BCUT2D eigenvalue weighted by atomic mass is 9.88. The van der Waals surface area contributed by atoms with Crippen LogP contribution < -0.4 is 0 Å². The molecule has 37 heavy (non-hydrogen) atoms. The zero-order valence-electron chi connectivity index (χ0n) is 25.1. The topological polar surface area (TPSA) is 40.2 Å². The van der Waals surface area contributed by atoms with Gasteiger partial charge in [0.25, 0.3) is 0 Å². The highest BCUT2D eigenvalue weighted by molar-refractivity contribution is 6.91. The van der Waals surface area contributed by atoms with Gasteiger partial charge >= 0.3 is 8.80 Å². The number of hydrogen-bond acceptors (Lipinski definition) is 4. The highest BCUT2D eigenvalue weighted by Gasteiger charge is 2.63. The summed E-state index contributed by atoms with van der Waals surface area (Å²) < 4.78 is 28.4. The first kappa shape index (κ1) is 27.9. The molecule has 0 aromatic carbocycles. The molecule has 0 radical (unpaired) electrons. The van der Waals surface area contributed by atoms with Gasteiger partial charge in [-0.25, -0.2) is 0 Å². The van der Waals surface area contributed by atoms with Gasteiger partial charge in [-0.05, 0) is 131 Å². The summed E-state index contributed by atoms with van der Waals surface area (Å²) in [6, 6.07) is 1.23. The van der Waals surface area contributed by atoms with Gasteiger partial charge in [0.15, 0.2) is 25.0 Å². The molecule has 4 bridgehead atoms. The molecule has 4 nitrogen and oxygen atoms in total. The number of epoxide rings is 1. The van der Waals surface area contributed by atoms with Gasteiger partial charge in [0.2, 0.25) is 0 Å². The van der Waals surface area contributed by atoms with Crippen molar-refractivity contribution in [3.63, 3.8) is 0 Å². The van der Waals surface area contributed by atoms with Gasteiger partial charge in [0.05, 0.1) is 12.2 Å². The molecule has 0 spiro atoms. The molecule has 8 heteroatoms. The summed E-state index contributed by atoms with van der Waals surface area (Å²) in [6.07, 6.45) is 20.5. The molecule has 212 valence electrons. The van der Waals surface area contributed by atoms with Crippen molar-refractivity contribution < 1.29 is 17.1 Å². The summed E-state index contributed by atoms with van der Waals surface area (Å²) in [5.74, 6) is 2.74. The Morgan fingerprint density at radius 2 is 1.16 bits per heavy atom. The molecule has 5 aliphatic carbocycles. The minimum atomic E-state index is -2.81. The standard InChI is InChI=1S/C29H56O4Si4/c1-34(2,19-14-23-8-9-26-27(20-23)30-26)31-37(7,32-35(3,4)28-15-10-24(21-28)11-16-28)33-36(5,6)29-17-12-25(22-29)13-18-29/h23-27H,8-22H2,1-7H3. The molecular formula is C29H56O4Si4. The second-order valence-corrected chi connectivity index (χ2v) is 32.6. The second kappa shape index (κ2) is 9.36. The predicted molar refractivity (Wildman–Crippen MR) is 161 cm³/mol. The Labute approximate surface area is 232 Å². The third kappa shape index (κ3) is 5.26. The highest BCUT2D eigenvalue weighted by atomic mass is 28.5. The number of hydrogen-bond donors (Lipinski definition) is 0. The van der Waals surface area contributed by atoms with E-state index in [1.165, 1.54) is 95.9 Å². The molecule has 6 fully saturated rings. The van der Waals surface area contributed by atoms with Crippen molar-refractivity contribution in [3.05, 3.63) is 0 Å². The van der Waals surface area contributed by atoms with E-state index in [0.717, 1.165) is 17.8 Å². The van der Waals surface area contributed by atoms with Gasteiger partial charge in [-0.3, -0.25) is 0 Å². The minimum Gasteiger partial charge on any atom is -0.417 e. The van der Waals surface area contributed by atoms with Crippen LogP contribution in [0.2, 0.25) is 61.9 Å². The molecule has 1 heterocycles. The molecule has 0 amide bonds. The maximum atomic E-state index is 7.56. The van der Waals surface area contributed by atoms with E-state index in [-0.39, 0.29) is 0 Å². The number of rotatable bonds is 11. The maximum Gasteiger partial charge on any atom is 0.466 e. The van der Waals surface area contributed by atoms with Crippen molar-refractivity contribution in [1.82, 2.24) is 0 Å². The Kier molecular flexibility index (Phi) is 7.05. The molecule has 0 aromatic rings. The van der Waals surface area contributed by atoms with Gasteiger partial charge in [-0.1, -0.05) is 32.1 Å². The lowest BCUT2D eigenvalue weighted by molar-refractivity contribution is 0.235. The lowest BCUT2D eigenvalue weighted by Crippen LogP contribution is -2.64. The Morgan fingerprint density at radius 1 is 0.649 bits per heavy atom. The van der Waals surface area contributed by atoms with E-state index in [9.17, 15) is 0 Å². The number of ether oxygens (including phenoxy) is 1. The summed E-state index contributed by atoms with van der Waals surface area (Å²) >= 11 is 0. The first-order valence-corrected chi connectivity index (χ1v) is 27.2. The fourth-order valence-electron chi connectivity index (χ4n) is 10.1. The van der Waals surface area contributed by atoms with Crippen molar-refractivity contribution in [2.45, 2.75) is 164 Å². The van der Waals surface area contributed by atoms with E-state index in [0.29, 0.717) is 22.3 Å². The van der Waals surface area contributed by atoms with E-state index < -0.39 is 33.8 Å². The molecule has 1 aliphatic heterocycles. The van der Waals surface area contributed by atoms with Crippen LogP contribution in [-0.4, -0.2) is 46.0 Å². The fraction of sp³-hybridized carbons (Fsp3) is 1.00. The summed E-state index contributed by atoms with van der Waals surface area (Å²) in [4.78, 5) is 0. The Hall–Kier alpha value is 0.708. The predicted octanol–water partition coefficient (Wildman–Crippen LogP) is 8.85. The summed E-state index contributed by atoms with van der Waals surface area (Å²) in [7, 11) is -8.75. The Bertz CT molecular complexity index is 816. The van der Waals surface area contributed by atoms with E-state index in [1.54, 1.807) is 0 Å². The third-order valence-electron chi connectivity index (χ3n) is 12.6. The first-order chi connectivity index (χ1) is 17.2. The molecule has 5 saturated carbocycles. The lowest BCUT2D eigenvalue weighted by Gasteiger charge is -2.51. The monoisotopic (exact) mass is 580 g/mol. The van der Waals surface area contributed by atoms with Crippen LogP contribution in [-0.2, 0) is 17.1 Å². The van der Waals surface area contributed by atoms with E-state index in [1.807, 2.05) is 0 Å². The highest BCUT2D eigenvalue weighted by Crippen LogP contribution is 2.66. The van der Waals surface area contributed by atoms with E-state index in [2.05, 4.69) is 45.8 Å². The molecule has 3 unspecified atom stereocenters. The molecular weight excluding hydrogens is 525 g/mol. The summed E-state index contributed by atoms with van der Waals surface area (Å²) in [6.45, 7) is 17.4. The number of fused-ring (bicyclic) bond motifs is 5. The van der Waals surface area contributed by atoms with Crippen molar-refractivity contribution in [2.75, 3.05) is 0 Å². The van der Waals surface area contributed by atoms with Crippen LogP contribution in [0.15, 0.2) is 0 Å². The van der Waals surface area contributed by atoms with Gasteiger partial charge in [0, 0.05) is 6.55 Å². The van der Waals surface area contributed by atoms with Crippen LogP contribution in [0.1, 0.15) is 89.9 Å². The van der Waals surface area contributed by atoms with Crippen molar-refractivity contribution in [3.8, 4) is 0 Å². The first-order valence-electron chi connectivity index (χ1n) is 16.0. The molecule has 1 saturated heterocycles. The van der Waals surface area contributed by atoms with Crippen molar-refractivity contribution in [2.24, 2.45) is 17.8 Å². The van der Waals surface area contributed by atoms with Gasteiger partial charge in [0.1, 0.15) is 0 Å². The molecule has 0 N–H and O–H groups in total. The SMILES string of the molecule is C[Si](C)(CCC1CCC2OC2C1)O[Si](C)(O[Si](C)(C)C12CCC(CC1)C2)O[Si](C)(C)C12CCC(CC1)C2. The largest absolute Gasteiger partial charge is 0.466 e. The van der Waals surface area contributed by atoms with Gasteiger partial charge in [-0.2, -0.15) is 0 Å². The quantitative estimate of drug-likeness (QED) is 0.181. The Morgan fingerprint density at radius 3 is 1.59 bits per heavy atom. The van der Waals surface area contributed by atoms with Crippen LogP contribution in [0.4, 0.5) is 0 Å². The van der Waals surface area contributed by atoms with Crippen molar-refractivity contribution in [1.29, 1.82) is 0 Å². The third-order valence-corrected chi connectivity index (χ3v) is 31.4. The summed E-state index contributed by atoms with van der Waals surface area (Å²) in [5.41, 5.74) is 0. The minimum absolute atomic E-state index is 0.461. The van der Waals surface area contributed by atoms with Crippen LogP contribution in [0, 0.1) is 17.8 Å². The smallest absolute Gasteiger partial charge is 0.417 e. The van der Waals surface area contributed by atoms with Crippen LogP contribution >= 0.6 is 0 Å². The summed E-state index contributed by atoms with van der Waals surface area (Å²) in [5, 5.41) is 0.923. The van der Waals surface area contributed by atoms with Crippen LogP contribution in [0.5, 0.6) is 0 Å². The second-order valence-electron chi connectivity index (χ2n) is 16.2. The van der Waals surface area contributed by atoms with Crippen LogP contribution in [0.25, 0.3) is 0 Å². The zero-order valence-corrected chi connectivity index (χ0v) is 29.1. The Balaban J connectivity index is 1.20. The van der Waals surface area contributed by atoms with E-state index >= 15 is 0 Å². The fourth-order valence-corrected chi connectivity index (χ4v) is 31.0. The van der Waals surface area contributed by atoms with Crippen molar-refractivity contribution >= 4 is 33.8 Å².